The number of nitrogens with zero attached hydrogens (tertiary/aromatic N) is 1. The Kier molecular flexibility index (Phi) is 9.79. The Morgan fingerprint density at radius 1 is 1.06 bits per heavy atom. The van der Waals surface area contributed by atoms with Crippen LogP contribution in [-0.4, -0.2) is 50.8 Å². The van der Waals surface area contributed by atoms with E-state index >= 15 is 0 Å². The monoisotopic (exact) mass is 244 g/mol. The molecule has 0 aliphatic rings. The van der Waals surface area contributed by atoms with Gasteiger partial charge in [-0.05, 0) is 31.8 Å². The van der Waals surface area contributed by atoms with Crippen molar-refractivity contribution < 1.29 is 4.74 Å². The van der Waals surface area contributed by atoms with E-state index in [-0.39, 0.29) is 0 Å². The van der Waals surface area contributed by atoms with Gasteiger partial charge >= 0.3 is 0 Å². The molecule has 3 heteroatoms. The third-order valence-corrected chi connectivity index (χ3v) is 2.86. The summed E-state index contributed by atoms with van der Waals surface area (Å²) in [5.41, 5.74) is 0.437. The largest absolute Gasteiger partial charge is 0.380 e. The van der Waals surface area contributed by atoms with Gasteiger partial charge in [-0.15, -0.1) is 0 Å². The number of hydrogen-bond donors (Lipinski definition) is 1. The number of hydrogen-bond acceptors (Lipinski definition) is 3. The molecule has 0 rings (SSSR count). The lowest BCUT2D eigenvalue weighted by atomic mass is 9.92. The molecule has 104 valence electrons. The lowest BCUT2D eigenvalue weighted by Gasteiger charge is -2.22. The third-order valence-electron chi connectivity index (χ3n) is 2.86. The Labute approximate surface area is 108 Å². The van der Waals surface area contributed by atoms with Crippen LogP contribution in [0.4, 0.5) is 0 Å². The van der Waals surface area contributed by atoms with Crippen LogP contribution in [0.25, 0.3) is 0 Å². The van der Waals surface area contributed by atoms with Gasteiger partial charge < -0.3 is 15.0 Å². The molecule has 17 heavy (non-hydrogen) atoms. The van der Waals surface area contributed by atoms with E-state index in [9.17, 15) is 0 Å². The Balaban J connectivity index is 3.43. The maximum absolute atomic E-state index is 5.38. The van der Waals surface area contributed by atoms with Gasteiger partial charge in [0.2, 0.25) is 0 Å². The van der Waals surface area contributed by atoms with Gasteiger partial charge in [-0.1, -0.05) is 27.7 Å². The zero-order valence-electron chi connectivity index (χ0n) is 12.5. The van der Waals surface area contributed by atoms with Crippen LogP contribution in [-0.2, 0) is 4.74 Å². The maximum Gasteiger partial charge on any atom is 0.0593 e. The molecule has 0 aliphatic heterocycles. The first kappa shape index (κ1) is 16.9. The Hall–Kier alpha value is -0.120. The highest BCUT2D eigenvalue weighted by Crippen LogP contribution is 2.16. The molecule has 0 aromatic carbocycles. The van der Waals surface area contributed by atoms with Gasteiger partial charge in [0, 0.05) is 26.2 Å². The van der Waals surface area contributed by atoms with Gasteiger partial charge in [0.25, 0.3) is 0 Å². The van der Waals surface area contributed by atoms with Crippen molar-refractivity contribution in [3.05, 3.63) is 0 Å². The standard InChI is InChI=1S/C14H32N2O/c1-6-16(12-13-17-7-2)11-10-15-9-8-14(3,4)5/h15H,6-13H2,1-5H3. The topological polar surface area (TPSA) is 24.5 Å². The summed E-state index contributed by atoms with van der Waals surface area (Å²) in [7, 11) is 0. The average Bonchev–Trinajstić information content (AvgIpc) is 2.25. The first-order valence-corrected chi connectivity index (χ1v) is 7.00. The molecule has 0 amide bonds. The zero-order valence-corrected chi connectivity index (χ0v) is 12.5. The molecule has 0 fully saturated rings. The van der Waals surface area contributed by atoms with Crippen molar-refractivity contribution >= 4 is 0 Å². The number of likely N-dealkylation sites (N-methyl/N-ethyl adjacent to an activating group) is 1. The highest BCUT2D eigenvalue weighted by atomic mass is 16.5. The summed E-state index contributed by atoms with van der Waals surface area (Å²) >= 11 is 0. The van der Waals surface area contributed by atoms with Gasteiger partial charge in [0.1, 0.15) is 0 Å². The van der Waals surface area contributed by atoms with Crippen molar-refractivity contribution in [3.63, 3.8) is 0 Å². The fourth-order valence-corrected chi connectivity index (χ4v) is 1.59. The SMILES string of the molecule is CCOCCN(CC)CCNCCC(C)(C)C. The summed E-state index contributed by atoms with van der Waals surface area (Å²) in [6, 6.07) is 0. The van der Waals surface area contributed by atoms with Gasteiger partial charge in [0.05, 0.1) is 6.61 Å². The first-order chi connectivity index (χ1) is 7.99. The second kappa shape index (κ2) is 9.86. The van der Waals surface area contributed by atoms with Crippen LogP contribution in [0.15, 0.2) is 0 Å². The molecule has 1 N–H and O–H groups in total. The van der Waals surface area contributed by atoms with Crippen molar-refractivity contribution in [3.8, 4) is 0 Å². The molecule has 0 radical (unpaired) electrons. The van der Waals surface area contributed by atoms with E-state index in [0.29, 0.717) is 5.41 Å². The minimum absolute atomic E-state index is 0.437. The minimum atomic E-state index is 0.437. The number of nitrogens with one attached hydrogen (secondary N) is 1. The summed E-state index contributed by atoms with van der Waals surface area (Å²) in [4.78, 5) is 2.43. The molecule has 0 saturated carbocycles. The lowest BCUT2D eigenvalue weighted by Crippen LogP contribution is -2.35. The quantitative estimate of drug-likeness (QED) is 0.597. The first-order valence-electron chi connectivity index (χ1n) is 7.00. The van der Waals surface area contributed by atoms with E-state index in [1.807, 2.05) is 6.92 Å². The van der Waals surface area contributed by atoms with Gasteiger partial charge in [-0.2, -0.15) is 0 Å². The van der Waals surface area contributed by atoms with Crippen LogP contribution in [0, 0.1) is 5.41 Å². The molecule has 0 spiro atoms. The van der Waals surface area contributed by atoms with Crippen molar-refractivity contribution in [2.24, 2.45) is 5.41 Å². The molecular weight excluding hydrogens is 212 g/mol. The van der Waals surface area contributed by atoms with Crippen LogP contribution >= 0.6 is 0 Å². The maximum atomic E-state index is 5.38. The normalized spacial score (nSPS) is 12.4. The molecule has 0 unspecified atom stereocenters. The van der Waals surface area contributed by atoms with Gasteiger partial charge in [-0.3, -0.25) is 0 Å². The molecular formula is C14H32N2O. The zero-order chi connectivity index (χ0) is 13.1. The summed E-state index contributed by atoms with van der Waals surface area (Å²) in [5.74, 6) is 0. The van der Waals surface area contributed by atoms with Crippen LogP contribution in [0.3, 0.4) is 0 Å². The molecule has 0 aliphatic carbocycles. The average molecular weight is 244 g/mol. The second-order valence-corrected chi connectivity index (χ2v) is 5.69. The van der Waals surface area contributed by atoms with Crippen molar-refractivity contribution in [1.29, 1.82) is 0 Å². The van der Waals surface area contributed by atoms with Gasteiger partial charge in [-0.25, -0.2) is 0 Å². The highest BCUT2D eigenvalue weighted by Gasteiger charge is 2.08. The molecule has 0 saturated heterocycles. The third kappa shape index (κ3) is 12.1. The van der Waals surface area contributed by atoms with Crippen LogP contribution in [0.1, 0.15) is 41.0 Å². The minimum Gasteiger partial charge on any atom is -0.380 e. The summed E-state index contributed by atoms with van der Waals surface area (Å²) < 4.78 is 5.38. The number of ether oxygens (including phenoxy) is 1. The van der Waals surface area contributed by atoms with E-state index in [1.54, 1.807) is 0 Å². The summed E-state index contributed by atoms with van der Waals surface area (Å²) in [6.45, 7) is 18.3. The fourth-order valence-electron chi connectivity index (χ4n) is 1.59. The van der Waals surface area contributed by atoms with E-state index in [1.165, 1.54) is 6.42 Å². The van der Waals surface area contributed by atoms with Crippen molar-refractivity contribution in [2.45, 2.75) is 41.0 Å². The smallest absolute Gasteiger partial charge is 0.0593 e. The van der Waals surface area contributed by atoms with E-state index < -0.39 is 0 Å². The van der Waals surface area contributed by atoms with E-state index in [0.717, 1.165) is 45.9 Å². The molecule has 0 bridgehead atoms. The summed E-state index contributed by atoms with van der Waals surface area (Å²) in [6.07, 6.45) is 1.23. The molecule has 0 aromatic rings. The fraction of sp³-hybridized carbons (Fsp3) is 1.00. The summed E-state index contributed by atoms with van der Waals surface area (Å²) in [5, 5.41) is 3.51. The second-order valence-electron chi connectivity index (χ2n) is 5.69. The molecule has 3 nitrogen and oxygen atoms in total. The Morgan fingerprint density at radius 2 is 1.76 bits per heavy atom. The van der Waals surface area contributed by atoms with Crippen LogP contribution in [0.2, 0.25) is 0 Å². The predicted molar refractivity (Wildman–Crippen MR) is 75.5 cm³/mol. The molecule has 0 aromatic heterocycles. The number of rotatable bonds is 10. The van der Waals surface area contributed by atoms with Crippen molar-refractivity contribution in [2.75, 3.05) is 45.9 Å². The van der Waals surface area contributed by atoms with E-state index in [4.69, 9.17) is 4.74 Å². The predicted octanol–water partition coefficient (Wildman–Crippen LogP) is 2.37. The van der Waals surface area contributed by atoms with E-state index in [2.05, 4.69) is 37.9 Å². The Bertz CT molecular complexity index is 166. The molecule has 0 heterocycles. The van der Waals surface area contributed by atoms with Crippen LogP contribution < -0.4 is 5.32 Å². The van der Waals surface area contributed by atoms with Crippen LogP contribution in [0.5, 0.6) is 0 Å². The van der Waals surface area contributed by atoms with Gasteiger partial charge in [0.15, 0.2) is 0 Å². The lowest BCUT2D eigenvalue weighted by molar-refractivity contribution is 0.115. The highest BCUT2D eigenvalue weighted by molar-refractivity contribution is 4.64. The van der Waals surface area contributed by atoms with Crippen molar-refractivity contribution in [1.82, 2.24) is 10.2 Å². The Morgan fingerprint density at radius 3 is 2.29 bits per heavy atom. The molecule has 0 atom stereocenters.